The van der Waals surface area contributed by atoms with Crippen molar-refractivity contribution in [2.45, 2.75) is 6.10 Å². The second kappa shape index (κ2) is 11.7. The van der Waals surface area contributed by atoms with E-state index in [0.29, 0.717) is 13.1 Å². The second-order valence-corrected chi connectivity index (χ2v) is 6.78. The molecule has 0 saturated heterocycles. The number of rotatable bonds is 11. The van der Waals surface area contributed by atoms with Gasteiger partial charge in [-0.25, -0.2) is 0 Å². The van der Waals surface area contributed by atoms with Gasteiger partial charge in [0, 0.05) is 30.0 Å². The molecule has 30 heavy (non-hydrogen) atoms. The predicted octanol–water partition coefficient (Wildman–Crippen LogP) is 4.48. The Morgan fingerprint density at radius 2 is 1.60 bits per heavy atom. The van der Waals surface area contributed by atoms with Crippen LogP contribution in [0, 0.1) is 0 Å². The summed E-state index contributed by atoms with van der Waals surface area (Å²) in [7, 11) is 1.66. The van der Waals surface area contributed by atoms with E-state index in [1.807, 2.05) is 91.0 Å². The Bertz CT molecular complexity index is 911. The van der Waals surface area contributed by atoms with Crippen LogP contribution >= 0.6 is 0 Å². The molecule has 0 spiro atoms. The molecule has 5 nitrogen and oxygen atoms in total. The van der Waals surface area contributed by atoms with E-state index in [2.05, 4.69) is 10.6 Å². The van der Waals surface area contributed by atoms with Crippen LogP contribution < -0.4 is 20.1 Å². The second-order valence-electron chi connectivity index (χ2n) is 6.78. The molecule has 1 unspecified atom stereocenters. The van der Waals surface area contributed by atoms with E-state index in [1.54, 1.807) is 7.11 Å². The standard InChI is InChI=1S/C25H28N2O3/c1-29-25-12-6-5-8-20(25)9-7-17-26-18-23(28)19-30-24-15-13-22(14-16-24)27-21-10-3-2-4-11-21/h2-16,23,26-28H,17-19H2,1H3. The Labute approximate surface area is 178 Å². The van der Waals surface area contributed by atoms with E-state index in [1.165, 1.54) is 0 Å². The maximum atomic E-state index is 10.1. The number of anilines is 2. The van der Waals surface area contributed by atoms with Crippen LogP contribution in [-0.4, -0.2) is 38.0 Å². The molecule has 0 aliphatic rings. The lowest BCUT2D eigenvalue weighted by molar-refractivity contribution is 0.107. The molecule has 0 saturated carbocycles. The van der Waals surface area contributed by atoms with Crippen molar-refractivity contribution in [2.24, 2.45) is 0 Å². The fraction of sp³-hybridized carbons (Fsp3) is 0.200. The smallest absolute Gasteiger partial charge is 0.126 e. The van der Waals surface area contributed by atoms with Gasteiger partial charge in [-0.3, -0.25) is 0 Å². The summed E-state index contributed by atoms with van der Waals surface area (Å²) in [5.74, 6) is 1.57. The lowest BCUT2D eigenvalue weighted by atomic mass is 10.2. The molecule has 0 aliphatic carbocycles. The van der Waals surface area contributed by atoms with Crippen molar-refractivity contribution in [2.75, 3.05) is 32.1 Å². The Morgan fingerprint density at radius 1 is 0.900 bits per heavy atom. The average molecular weight is 405 g/mol. The number of benzene rings is 3. The number of methoxy groups -OCH3 is 1. The Hall–Kier alpha value is -3.28. The first-order valence-electron chi connectivity index (χ1n) is 9.98. The highest BCUT2D eigenvalue weighted by atomic mass is 16.5. The largest absolute Gasteiger partial charge is 0.496 e. The Kier molecular flexibility index (Phi) is 8.33. The van der Waals surface area contributed by atoms with Gasteiger partial charge < -0.3 is 25.2 Å². The fourth-order valence-corrected chi connectivity index (χ4v) is 2.90. The molecule has 3 rings (SSSR count). The molecule has 3 N–H and O–H groups in total. The summed E-state index contributed by atoms with van der Waals surface area (Å²) in [5.41, 5.74) is 3.04. The number of aliphatic hydroxyl groups is 1. The van der Waals surface area contributed by atoms with Crippen LogP contribution in [0.2, 0.25) is 0 Å². The van der Waals surface area contributed by atoms with Gasteiger partial charge in [-0.05, 0) is 42.5 Å². The maximum Gasteiger partial charge on any atom is 0.126 e. The summed E-state index contributed by atoms with van der Waals surface area (Å²) < 4.78 is 11.0. The molecule has 0 fully saturated rings. The summed E-state index contributed by atoms with van der Waals surface area (Å²) in [6, 6.07) is 25.5. The zero-order valence-corrected chi connectivity index (χ0v) is 17.1. The molecule has 0 aliphatic heterocycles. The molecule has 0 radical (unpaired) electrons. The molecule has 156 valence electrons. The first-order chi connectivity index (χ1) is 14.7. The Morgan fingerprint density at radius 3 is 2.37 bits per heavy atom. The summed E-state index contributed by atoms with van der Waals surface area (Å²) >= 11 is 0. The lowest BCUT2D eigenvalue weighted by Gasteiger charge is -2.13. The molecule has 5 heteroatoms. The summed E-state index contributed by atoms with van der Waals surface area (Å²) in [6.07, 6.45) is 3.41. The molecule has 3 aromatic carbocycles. The van der Waals surface area contributed by atoms with Gasteiger partial charge >= 0.3 is 0 Å². The van der Waals surface area contributed by atoms with Gasteiger partial charge in [0.2, 0.25) is 0 Å². The molecule has 0 aromatic heterocycles. The van der Waals surface area contributed by atoms with Gasteiger partial charge in [0.05, 0.1) is 7.11 Å². The van der Waals surface area contributed by atoms with Crippen molar-refractivity contribution in [3.63, 3.8) is 0 Å². The molecular formula is C25H28N2O3. The zero-order chi connectivity index (χ0) is 21.0. The molecule has 0 amide bonds. The van der Waals surface area contributed by atoms with Crippen LogP contribution in [0.1, 0.15) is 5.56 Å². The van der Waals surface area contributed by atoms with Crippen molar-refractivity contribution in [3.8, 4) is 11.5 Å². The SMILES string of the molecule is COc1ccccc1C=CCNCC(O)COc1ccc(Nc2ccccc2)cc1. The van der Waals surface area contributed by atoms with E-state index < -0.39 is 6.10 Å². The minimum Gasteiger partial charge on any atom is -0.496 e. The average Bonchev–Trinajstić information content (AvgIpc) is 2.79. The van der Waals surface area contributed by atoms with E-state index in [4.69, 9.17) is 9.47 Å². The first-order valence-corrected chi connectivity index (χ1v) is 9.98. The third-order valence-electron chi connectivity index (χ3n) is 4.44. The van der Waals surface area contributed by atoms with Crippen molar-refractivity contribution in [3.05, 3.63) is 90.5 Å². The molecular weight excluding hydrogens is 376 g/mol. The Balaban J connectivity index is 1.35. The minimum absolute atomic E-state index is 0.231. The highest BCUT2D eigenvalue weighted by Gasteiger charge is 2.05. The predicted molar refractivity (Wildman–Crippen MR) is 123 cm³/mol. The summed E-state index contributed by atoms with van der Waals surface area (Å²) in [6.45, 7) is 1.33. The van der Waals surface area contributed by atoms with E-state index in [0.717, 1.165) is 28.4 Å². The van der Waals surface area contributed by atoms with Gasteiger partial charge in [-0.1, -0.05) is 48.6 Å². The lowest BCUT2D eigenvalue weighted by Crippen LogP contribution is -2.31. The van der Waals surface area contributed by atoms with Crippen molar-refractivity contribution >= 4 is 17.5 Å². The first kappa shape index (κ1) is 21.4. The van der Waals surface area contributed by atoms with E-state index >= 15 is 0 Å². The van der Waals surface area contributed by atoms with Crippen LogP contribution in [0.5, 0.6) is 11.5 Å². The quantitative estimate of drug-likeness (QED) is 0.411. The van der Waals surface area contributed by atoms with Gasteiger partial charge in [0.15, 0.2) is 0 Å². The third kappa shape index (κ3) is 6.95. The maximum absolute atomic E-state index is 10.1. The molecule has 0 bridgehead atoms. The van der Waals surface area contributed by atoms with Crippen LogP contribution in [0.4, 0.5) is 11.4 Å². The van der Waals surface area contributed by atoms with Gasteiger partial charge in [-0.2, -0.15) is 0 Å². The highest BCUT2D eigenvalue weighted by Crippen LogP contribution is 2.20. The molecule has 3 aromatic rings. The molecule has 1 atom stereocenters. The van der Waals surface area contributed by atoms with Gasteiger partial charge in [-0.15, -0.1) is 0 Å². The van der Waals surface area contributed by atoms with E-state index in [9.17, 15) is 5.11 Å². The number of hydrogen-bond donors (Lipinski definition) is 3. The molecule has 0 heterocycles. The normalized spacial score (nSPS) is 11.9. The number of ether oxygens (including phenoxy) is 2. The fourth-order valence-electron chi connectivity index (χ4n) is 2.90. The highest BCUT2D eigenvalue weighted by molar-refractivity contribution is 5.60. The monoisotopic (exact) mass is 404 g/mol. The number of hydrogen-bond acceptors (Lipinski definition) is 5. The van der Waals surface area contributed by atoms with Crippen LogP contribution in [0.3, 0.4) is 0 Å². The van der Waals surface area contributed by atoms with E-state index in [-0.39, 0.29) is 6.61 Å². The van der Waals surface area contributed by atoms with Gasteiger partial charge in [0.1, 0.15) is 24.2 Å². The number of nitrogens with one attached hydrogen (secondary N) is 2. The van der Waals surface area contributed by atoms with Crippen LogP contribution in [-0.2, 0) is 0 Å². The topological polar surface area (TPSA) is 62.8 Å². The summed E-state index contributed by atoms with van der Waals surface area (Å²) in [4.78, 5) is 0. The van der Waals surface area contributed by atoms with Gasteiger partial charge in [0.25, 0.3) is 0 Å². The minimum atomic E-state index is -0.591. The van der Waals surface area contributed by atoms with Crippen molar-refractivity contribution in [1.82, 2.24) is 5.32 Å². The third-order valence-corrected chi connectivity index (χ3v) is 4.44. The van der Waals surface area contributed by atoms with Crippen LogP contribution in [0.15, 0.2) is 84.9 Å². The van der Waals surface area contributed by atoms with Crippen LogP contribution in [0.25, 0.3) is 6.08 Å². The number of para-hydroxylation sites is 2. The van der Waals surface area contributed by atoms with Crippen molar-refractivity contribution in [1.29, 1.82) is 0 Å². The van der Waals surface area contributed by atoms with Crippen molar-refractivity contribution < 1.29 is 14.6 Å². The summed E-state index contributed by atoms with van der Waals surface area (Å²) in [5, 5.41) is 16.6. The zero-order valence-electron chi connectivity index (χ0n) is 17.1. The number of aliphatic hydroxyl groups excluding tert-OH is 1.